The van der Waals surface area contributed by atoms with Crippen LogP contribution in [0.1, 0.15) is 11.1 Å². The first-order valence-electron chi connectivity index (χ1n) is 6.82. The van der Waals surface area contributed by atoms with Gasteiger partial charge >= 0.3 is 0 Å². The molecule has 1 aliphatic carbocycles. The fourth-order valence-electron chi connectivity index (χ4n) is 2.85. The van der Waals surface area contributed by atoms with Crippen molar-refractivity contribution in [3.63, 3.8) is 0 Å². The van der Waals surface area contributed by atoms with Crippen molar-refractivity contribution in [2.75, 3.05) is 6.26 Å². The van der Waals surface area contributed by atoms with Crippen molar-refractivity contribution >= 4 is 22.8 Å². The molecule has 0 saturated heterocycles. The molecule has 1 aromatic carbocycles. The Bertz CT molecular complexity index is 917. The lowest BCUT2D eigenvalue weighted by molar-refractivity contribution is 0.919. The topological polar surface area (TPSA) is 58.6 Å². The third-order valence-electron chi connectivity index (χ3n) is 3.88. The van der Waals surface area contributed by atoms with E-state index in [4.69, 9.17) is 0 Å². The largest absolute Gasteiger partial charge is 0.301 e. The summed E-state index contributed by atoms with van der Waals surface area (Å²) < 4.78 is 0. The van der Waals surface area contributed by atoms with Crippen LogP contribution in [0.15, 0.2) is 40.3 Å². The Hall–Kier alpha value is -2.14. The lowest BCUT2D eigenvalue weighted by Crippen LogP contribution is -2.13. The highest BCUT2D eigenvalue weighted by atomic mass is 32.2. The molecule has 0 fully saturated rings. The predicted octanol–water partition coefficient (Wildman–Crippen LogP) is 2.81. The molecule has 21 heavy (non-hydrogen) atoms. The monoisotopic (exact) mass is 295 g/mol. The summed E-state index contributed by atoms with van der Waals surface area (Å²) in [5.41, 5.74) is 4.98. The number of aromatic nitrogens is 3. The van der Waals surface area contributed by atoms with Gasteiger partial charge in [-0.3, -0.25) is 4.79 Å². The minimum Gasteiger partial charge on any atom is -0.301 e. The summed E-state index contributed by atoms with van der Waals surface area (Å²) in [6.45, 7) is 0. The zero-order valence-corrected chi connectivity index (χ0v) is 12.3. The van der Waals surface area contributed by atoms with E-state index in [1.54, 1.807) is 0 Å². The summed E-state index contributed by atoms with van der Waals surface area (Å²) in [7, 11) is 0. The van der Waals surface area contributed by atoms with Crippen molar-refractivity contribution in [2.45, 2.75) is 18.0 Å². The maximum absolute atomic E-state index is 12.1. The molecular weight excluding hydrogens is 282 g/mol. The van der Waals surface area contributed by atoms with E-state index in [1.807, 2.05) is 18.4 Å². The van der Waals surface area contributed by atoms with Gasteiger partial charge in [0.2, 0.25) is 0 Å². The number of hydrogen-bond donors (Lipinski definition) is 1. The van der Waals surface area contributed by atoms with Gasteiger partial charge in [0.05, 0.1) is 11.1 Å². The van der Waals surface area contributed by atoms with Crippen molar-refractivity contribution in [1.82, 2.24) is 15.0 Å². The SMILES string of the molecule is CSc1nc2nc3c(cc2c(=O)[nH]1)CCc1ccccc1-3. The second-order valence-electron chi connectivity index (χ2n) is 5.10. The normalized spacial score (nSPS) is 13.0. The highest BCUT2D eigenvalue weighted by Crippen LogP contribution is 2.32. The number of pyridine rings is 1. The number of aromatic amines is 1. The van der Waals surface area contributed by atoms with Crippen LogP contribution >= 0.6 is 11.8 Å². The molecule has 1 N–H and O–H groups in total. The molecule has 1 aliphatic rings. The Kier molecular flexibility index (Phi) is 2.82. The fourth-order valence-corrected chi connectivity index (χ4v) is 3.22. The number of rotatable bonds is 1. The van der Waals surface area contributed by atoms with Crippen molar-refractivity contribution in [2.24, 2.45) is 0 Å². The molecule has 0 bridgehead atoms. The Morgan fingerprint density at radius 3 is 2.81 bits per heavy atom. The van der Waals surface area contributed by atoms with E-state index < -0.39 is 0 Å². The minimum absolute atomic E-state index is 0.112. The quantitative estimate of drug-likeness (QED) is 0.554. The molecule has 0 unspecified atom stereocenters. The van der Waals surface area contributed by atoms with Crippen LogP contribution in [0.3, 0.4) is 0 Å². The van der Waals surface area contributed by atoms with Gasteiger partial charge in [-0.2, -0.15) is 0 Å². The molecule has 0 amide bonds. The van der Waals surface area contributed by atoms with Crippen LogP contribution < -0.4 is 5.56 Å². The highest BCUT2D eigenvalue weighted by Gasteiger charge is 2.19. The Balaban J connectivity index is 2.05. The van der Waals surface area contributed by atoms with Crippen LogP contribution in [0.5, 0.6) is 0 Å². The second-order valence-corrected chi connectivity index (χ2v) is 5.89. The molecule has 0 radical (unpaired) electrons. The van der Waals surface area contributed by atoms with Crippen molar-refractivity contribution < 1.29 is 0 Å². The van der Waals surface area contributed by atoms with Gasteiger partial charge in [0, 0.05) is 5.56 Å². The summed E-state index contributed by atoms with van der Waals surface area (Å²) in [6, 6.07) is 10.3. The van der Waals surface area contributed by atoms with Crippen LogP contribution in [0, 0.1) is 0 Å². The van der Waals surface area contributed by atoms with Crippen LogP contribution in [0.2, 0.25) is 0 Å². The van der Waals surface area contributed by atoms with E-state index in [2.05, 4.69) is 33.2 Å². The average Bonchev–Trinajstić information content (AvgIpc) is 2.53. The molecule has 0 spiro atoms. The number of hydrogen-bond acceptors (Lipinski definition) is 4. The lowest BCUT2D eigenvalue weighted by Gasteiger charge is -2.18. The number of thioether (sulfide) groups is 1. The standard InChI is InChI=1S/C16H13N3OS/c1-21-16-18-14-12(15(20)19-16)8-10-7-6-9-4-2-3-5-11(9)13(10)17-14/h2-5,8H,6-7H2,1H3,(H,17,18,19,20). The molecule has 4 nitrogen and oxygen atoms in total. The first-order valence-corrected chi connectivity index (χ1v) is 8.05. The van der Waals surface area contributed by atoms with Gasteiger partial charge in [-0.05, 0) is 36.3 Å². The predicted molar refractivity (Wildman–Crippen MR) is 84.8 cm³/mol. The van der Waals surface area contributed by atoms with Crippen molar-refractivity contribution in [3.05, 3.63) is 51.8 Å². The van der Waals surface area contributed by atoms with E-state index >= 15 is 0 Å². The van der Waals surface area contributed by atoms with E-state index in [-0.39, 0.29) is 5.56 Å². The number of nitrogens with zero attached hydrogens (tertiary/aromatic N) is 2. The summed E-state index contributed by atoms with van der Waals surface area (Å²) in [6.07, 6.45) is 3.79. The van der Waals surface area contributed by atoms with Gasteiger partial charge in [-0.1, -0.05) is 36.0 Å². The first kappa shape index (κ1) is 12.6. The highest BCUT2D eigenvalue weighted by molar-refractivity contribution is 7.98. The molecule has 104 valence electrons. The molecule has 4 rings (SSSR count). The van der Waals surface area contributed by atoms with Gasteiger partial charge < -0.3 is 4.98 Å². The summed E-state index contributed by atoms with van der Waals surface area (Å²) in [4.78, 5) is 24.0. The Morgan fingerprint density at radius 2 is 1.95 bits per heavy atom. The molecule has 5 heteroatoms. The zero-order valence-electron chi connectivity index (χ0n) is 11.5. The van der Waals surface area contributed by atoms with Gasteiger partial charge in [-0.25, -0.2) is 9.97 Å². The first-order chi connectivity index (χ1) is 10.3. The van der Waals surface area contributed by atoms with Crippen molar-refractivity contribution in [3.8, 4) is 11.3 Å². The van der Waals surface area contributed by atoms with Crippen LogP contribution in [0.25, 0.3) is 22.3 Å². The van der Waals surface area contributed by atoms with Crippen LogP contribution in [-0.2, 0) is 12.8 Å². The van der Waals surface area contributed by atoms with Crippen LogP contribution in [-0.4, -0.2) is 21.2 Å². The molecule has 0 atom stereocenters. The molecule has 2 heterocycles. The third kappa shape index (κ3) is 1.96. The van der Waals surface area contributed by atoms with E-state index in [0.717, 1.165) is 29.7 Å². The minimum atomic E-state index is -0.112. The Morgan fingerprint density at radius 1 is 1.14 bits per heavy atom. The summed E-state index contributed by atoms with van der Waals surface area (Å²) in [5.74, 6) is 0. The molecule has 2 aromatic heterocycles. The van der Waals surface area contributed by atoms with Crippen LogP contribution in [0.4, 0.5) is 0 Å². The van der Waals surface area contributed by atoms with Gasteiger partial charge in [0.15, 0.2) is 10.8 Å². The number of nitrogens with one attached hydrogen (secondary N) is 1. The molecule has 0 saturated carbocycles. The van der Waals surface area contributed by atoms with Gasteiger partial charge in [0.25, 0.3) is 5.56 Å². The number of aryl methyl sites for hydroxylation is 2. The smallest absolute Gasteiger partial charge is 0.261 e. The maximum Gasteiger partial charge on any atom is 0.261 e. The van der Waals surface area contributed by atoms with E-state index in [0.29, 0.717) is 16.2 Å². The van der Waals surface area contributed by atoms with Gasteiger partial charge in [0.1, 0.15) is 0 Å². The lowest BCUT2D eigenvalue weighted by atomic mass is 9.89. The average molecular weight is 295 g/mol. The summed E-state index contributed by atoms with van der Waals surface area (Å²) >= 11 is 1.41. The molecule has 3 aromatic rings. The fraction of sp³-hybridized carbons (Fsp3) is 0.188. The van der Waals surface area contributed by atoms with E-state index in [9.17, 15) is 4.79 Å². The molecule has 0 aliphatic heterocycles. The number of H-pyrrole nitrogens is 1. The zero-order chi connectivity index (χ0) is 14.4. The number of benzene rings is 1. The van der Waals surface area contributed by atoms with Gasteiger partial charge in [-0.15, -0.1) is 0 Å². The number of fused-ring (bicyclic) bond motifs is 4. The van der Waals surface area contributed by atoms with E-state index in [1.165, 1.54) is 17.3 Å². The Labute approximate surface area is 125 Å². The maximum atomic E-state index is 12.1. The second kappa shape index (κ2) is 4.70. The summed E-state index contributed by atoms with van der Waals surface area (Å²) in [5, 5.41) is 1.18. The van der Waals surface area contributed by atoms with Crippen molar-refractivity contribution in [1.29, 1.82) is 0 Å². The molecular formula is C16H13N3OS. The third-order valence-corrected chi connectivity index (χ3v) is 4.46.